The molecule has 86 valence electrons. The van der Waals surface area contributed by atoms with Crippen molar-refractivity contribution in [3.63, 3.8) is 0 Å². The molecule has 0 unspecified atom stereocenters. The Morgan fingerprint density at radius 1 is 1.25 bits per heavy atom. The molecule has 0 spiro atoms. The molecule has 1 aromatic carbocycles. The normalized spacial score (nSPS) is 9.81. The van der Waals surface area contributed by atoms with Crippen LogP contribution in [0, 0.1) is 0 Å². The van der Waals surface area contributed by atoms with E-state index in [0.29, 0.717) is 17.7 Å². The van der Waals surface area contributed by atoms with Crippen LogP contribution >= 0.6 is 0 Å². The Balaban J connectivity index is 2.43. The van der Waals surface area contributed by atoms with Crippen LogP contribution in [-0.4, -0.2) is 32.3 Å². The molecule has 16 heavy (non-hydrogen) atoms. The van der Waals surface area contributed by atoms with E-state index < -0.39 is 0 Å². The van der Waals surface area contributed by atoms with Gasteiger partial charge in [0.25, 0.3) is 5.91 Å². The third-order valence-corrected chi connectivity index (χ3v) is 2.20. The van der Waals surface area contributed by atoms with Gasteiger partial charge < -0.3 is 10.6 Å². The van der Waals surface area contributed by atoms with Gasteiger partial charge in [0, 0.05) is 17.7 Å². The van der Waals surface area contributed by atoms with Gasteiger partial charge in [-0.15, -0.1) is 0 Å². The van der Waals surface area contributed by atoms with Gasteiger partial charge in [0.05, 0.1) is 0 Å². The van der Waals surface area contributed by atoms with Crippen molar-refractivity contribution in [1.29, 1.82) is 0 Å². The van der Waals surface area contributed by atoms with Crippen LogP contribution in [0.3, 0.4) is 0 Å². The number of hydrogen-bond donors (Lipinski definition) is 2. The van der Waals surface area contributed by atoms with E-state index >= 15 is 0 Å². The number of nitrogens with one attached hydrogen (secondary N) is 2. The maximum absolute atomic E-state index is 11.6. The Kier molecular flexibility index (Phi) is 5.22. The van der Waals surface area contributed by atoms with Crippen LogP contribution in [0.2, 0.25) is 0 Å². The Hall–Kier alpha value is -1.68. The van der Waals surface area contributed by atoms with E-state index in [1.807, 2.05) is 7.05 Å². The number of carbonyl (C=O) groups excluding carboxylic acids is 2. The number of benzene rings is 1. The second-order valence-corrected chi connectivity index (χ2v) is 3.45. The van der Waals surface area contributed by atoms with Gasteiger partial charge in [-0.3, -0.25) is 9.59 Å². The lowest BCUT2D eigenvalue weighted by atomic mass is 10.1. The Bertz CT molecular complexity index is 347. The first kappa shape index (κ1) is 12.4. The topological polar surface area (TPSA) is 58.2 Å². The van der Waals surface area contributed by atoms with Gasteiger partial charge in [-0.25, -0.2) is 0 Å². The first-order valence-electron chi connectivity index (χ1n) is 5.26. The van der Waals surface area contributed by atoms with E-state index in [-0.39, 0.29) is 5.91 Å². The average molecular weight is 220 g/mol. The van der Waals surface area contributed by atoms with Crippen molar-refractivity contribution in [1.82, 2.24) is 10.6 Å². The Morgan fingerprint density at radius 3 is 2.50 bits per heavy atom. The highest BCUT2D eigenvalue weighted by molar-refractivity contribution is 5.94. The molecular formula is C12H16N2O2. The third kappa shape index (κ3) is 3.82. The number of carbonyl (C=O) groups is 2. The fourth-order valence-corrected chi connectivity index (χ4v) is 1.28. The molecule has 0 bridgehead atoms. The molecule has 2 N–H and O–H groups in total. The maximum atomic E-state index is 11.6. The molecule has 0 aliphatic rings. The number of amides is 1. The van der Waals surface area contributed by atoms with Gasteiger partial charge in [-0.1, -0.05) is 12.1 Å². The zero-order valence-electron chi connectivity index (χ0n) is 9.32. The lowest BCUT2D eigenvalue weighted by Crippen LogP contribution is -2.26. The van der Waals surface area contributed by atoms with Crippen molar-refractivity contribution < 1.29 is 9.59 Å². The van der Waals surface area contributed by atoms with E-state index in [4.69, 9.17) is 0 Å². The van der Waals surface area contributed by atoms with Crippen molar-refractivity contribution in [2.75, 3.05) is 20.1 Å². The summed E-state index contributed by atoms with van der Waals surface area (Å²) in [5.74, 6) is -0.103. The molecule has 0 aliphatic carbocycles. The molecule has 0 fully saturated rings. The summed E-state index contributed by atoms with van der Waals surface area (Å²) in [4.78, 5) is 22.0. The molecular weight excluding hydrogens is 204 g/mol. The molecule has 4 heteroatoms. The largest absolute Gasteiger partial charge is 0.352 e. The summed E-state index contributed by atoms with van der Waals surface area (Å²) in [6, 6.07) is 6.57. The summed E-state index contributed by atoms with van der Waals surface area (Å²) in [6.45, 7) is 1.53. The minimum Gasteiger partial charge on any atom is -0.352 e. The summed E-state index contributed by atoms with van der Waals surface area (Å²) < 4.78 is 0. The summed E-state index contributed by atoms with van der Waals surface area (Å²) >= 11 is 0. The monoisotopic (exact) mass is 220 g/mol. The second kappa shape index (κ2) is 6.74. The molecule has 1 rings (SSSR count). The van der Waals surface area contributed by atoms with Crippen LogP contribution in [0.25, 0.3) is 0 Å². The standard InChI is InChI=1S/C12H16N2O2/c1-13-7-2-8-14-12(16)11-5-3-10(9-15)4-6-11/h3-6,9,13H,2,7-8H2,1H3,(H,14,16). The molecule has 1 amide bonds. The van der Waals surface area contributed by atoms with Gasteiger partial charge in [-0.2, -0.15) is 0 Å². The highest BCUT2D eigenvalue weighted by Crippen LogP contribution is 2.02. The number of aldehydes is 1. The van der Waals surface area contributed by atoms with Crippen molar-refractivity contribution in [2.45, 2.75) is 6.42 Å². The lowest BCUT2D eigenvalue weighted by Gasteiger charge is -2.04. The molecule has 4 nitrogen and oxygen atoms in total. The van der Waals surface area contributed by atoms with Gasteiger partial charge >= 0.3 is 0 Å². The van der Waals surface area contributed by atoms with Gasteiger partial charge in [-0.05, 0) is 32.1 Å². The predicted molar refractivity (Wildman–Crippen MR) is 62.7 cm³/mol. The predicted octanol–water partition coefficient (Wildman–Crippen LogP) is 0.838. The molecule has 0 aliphatic heterocycles. The van der Waals surface area contributed by atoms with Crippen LogP contribution in [0.5, 0.6) is 0 Å². The molecule has 0 radical (unpaired) electrons. The summed E-state index contributed by atoms with van der Waals surface area (Å²) in [5.41, 5.74) is 1.15. The molecule has 0 aromatic heterocycles. The smallest absolute Gasteiger partial charge is 0.251 e. The zero-order valence-corrected chi connectivity index (χ0v) is 9.32. The van der Waals surface area contributed by atoms with Crippen LogP contribution in [0.15, 0.2) is 24.3 Å². The van der Waals surface area contributed by atoms with Crippen LogP contribution < -0.4 is 10.6 Å². The minimum atomic E-state index is -0.103. The van der Waals surface area contributed by atoms with Gasteiger partial charge in [0.1, 0.15) is 6.29 Å². The van der Waals surface area contributed by atoms with E-state index in [1.165, 1.54) is 0 Å². The minimum absolute atomic E-state index is 0.103. The second-order valence-electron chi connectivity index (χ2n) is 3.45. The highest BCUT2D eigenvalue weighted by Gasteiger charge is 2.03. The van der Waals surface area contributed by atoms with Crippen molar-refractivity contribution >= 4 is 12.2 Å². The number of hydrogen-bond acceptors (Lipinski definition) is 3. The average Bonchev–Trinajstić information content (AvgIpc) is 2.34. The van der Waals surface area contributed by atoms with E-state index in [9.17, 15) is 9.59 Å². The Labute approximate surface area is 95.0 Å². The SMILES string of the molecule is CNCCCNC(=O)c1ccc(C=O)cc1. The molecule has 0 atom stereocenters. The van der Waals surface area contributed by atoms with Gasteiger partial charge in [0.15, 0.2) is 0 Å². The first-order valence-corrected chi connectivity index (χ1v) is 5.26. The fourth-order valence-electron chi connectivity index (χ4n) is 1.28. The molecule has 1 aromatic rings. The highest BCUT2D eigenvalue weighted by atomic mass is 16.1. The van der Waals surface area contributed by atoms with Crippen LogP contribution in [0.4, 0.5) is 0 Å². The van der Waals surface area contributed by atoms with E-state index in [2.05, 4.69) is 10.6 Å². The lowest BCUT2D eigenvalue weighted by molar-refractivity contribution is 0.0952. The van der Waals surface area contributed by atoms with E-state index in [1.54, 1.807) is 24.3 Å². The van der Waals surface area contributed by atoms with Crippen molar-refractivity contribution in [3.05, 3.63) is 35.4 Å². The van der Waals surface area contributed by atoms with Gasteiger partial charge in [0.2, 0.25) is 0 Å². The summed E-state index contributed by atoms with van der Waals surface area (Å²) in [7, 11) is 1.87. The Morgan fingerprint density at radius 2 is 1.94 bits per heavy atom. The van der Waals surface area contributed by atoms with Crippen LogP contribution in [0.1, 0.15) is 27.1 Å². The summed E-state index contributed by atoms with van der Waals surface area (Å²) in [6.07, 6.45) is 1.66. The maximum Gasteiger partial charge on any atom is 0.251 e. The van der Waals surface area contributed by atoms with Crippen LogP contribution in [-0.2, 0) is 0 Å². The quantitative estimate of drug-likeness (QED) is 0.551. The molecule has 0 saturated carbocycles. The fraction of sp³-hybridized carbons (Fsp3) is 0.333. The zero-order chi connectivity index (χ0) is 11.8. The van der Waals surface area contributed by atoms with Crippen molar-refractivity contribution in [2.24, 2.45) is 0 Å². The van der Waals surface area contributed by atoms with E-state index in [0.717, 1.165) is 19.3 Å². The molecule has 0 heterocycles. The number of rotatable bonds is 6. The first-order chi connectivity index (χ1) is 7.77. The molecule has 0 saturated heterocycles. The van der Waals surface area contributed by atoms with Crippen molar-refractivity contribution in [3.8, 4) is 0 Å². The summed E-state index contributed by atoms with van der Waals surface area (Å²) in [5, 5.41) is 5.81. The third-order valence-electron chi connectivity index (χ3n) is 2.20.